The molecular formula is C13H19NO3. The van der Waals surface area contributed by atoms with Gasteiger partial charge < -0.3 is 19.5 Å². The van der Waals surface area contributed by atoms with Gasteiger partial charge in [0.05, 0.1) is 13.7 Å². The SMILES string of the molecule is COc1cccc(OCC2CNC(C)CO2)c1. The van der Waals surface area contributed by atoms with Crippen LogP contribution in [-0.2, 0) is 4.74 Å². The zero-order chi connectivity index (χ0) is 12.1. The van der Waals surface area contributed by atoms with Gasteiger partial charge in [-0.1, -0.05) is 6.07 Å². The van der Waals surface area contributed by atoms with Crippen molar-refractivity contribution in [3.63, 3.8) is 0 Å². The Morgan fingerprint density at radius 1 is 1.41 bits per heavy atom. The van der Waals surface area contributed by atoms with Crippen LogP contribution in [0.5, 0.6) is 11.5 Å². The maximum absolute atomic E-state index is 5.68. The third kappa shape index (κ3) is 3.61. The molecule has 1 saturated heterocycles. The van der Waals surface area contributed by atoms with Crippen LogP contribution >= 0.6 is 0 Å². The molecule has 1 aliphatic heterocycles. The van der Waals surface area contributed by atoms with Gasteiger partial charge in [0.25, 0.3) is 0 Å². The Kier molecular flexibility index (Phi) is 4.23. The van der Waals surface area contributed by atoms with Crippen LogP contribution in [0.4, 0.5) is 0 Å². The Balaban J connectivity index is 1.81. The van der Waals surface area contributed by atoms with Gasteiger partial charge in [-0.2, -0.15) is 0 Å². The number of morpholine rings is 1. The summed E-state index contributed by atoms with van der Waals surface area (Å²) in [5, 5.41) is 3.36. The summed E-state index contributed by atoms with van der Waals surface area (Å²) in [5.74, 6) is 1.62. The Bertz CT molecular complexity index is 348. The highest BCUT2D eigenvalue weighted by Crippen LogP contribution is 2.19. The van der Waals surface area contributed by atoms with Crippen LogP contribution in [0.25, 0.3) is 0 Å². The molecule has 94 valence electrons. The smallest absolute Gasteiger partial charge is 0.123 e. The van der Waals surface area contributed by atoms with Crippen molar-refractivity contribution in [3.05, 3.63) is 24.3 Å². The fraction of sp³-hybridized carbons (Fsp3) is 0.538. The standard InChI is InChI=1S/C13H19NO3/c1-10-8-16-13(7-14-10)9-17-12-5-3-4-11(6-12)15-2/h3-6,10,13-14H,7-9H2,1-2H3. The van der Waals surface area contributed by atoms with Crippen molar-refractivity contribution in [2.75, 3.05) is 26.9 Å². The van der Waals surface area contributed by atoms with Gasteiger partial charge in [-0.15, -0.1) is 0 Å². The highest BCUT2D eigenvalue weighted by molar-refractivity contribution is 5.32. The summed E-state index contributed by atoms with van der Waals surface area (Å²) in [7, 11) is 1.65. The molecule has 2 atom stereocenters. The third-order valence-corrected chi connectivity index (χ3v) is 2.75. The minimum absolute atomic E-state index is 0.123. The molecule has 1 N–H and O–H groups in total. The quantitative estimate of drug-likeness (QED) is 0.860. The molecule has 1 aromatic rings. The van der Waals surface area contributed by atoms with E-state index in [2.05, 4.69) is 12.2 Å². The minimum Gasteiger partial charge on any atom is -0.497 e. The molecule has 17 heavy (non-hydrogen) atoms. The highest BCUT2D eigenvalue weighted by Gasteiger charge is 2.18. The molecule has 0 aromatic heterocycles. The molecule has 0 saturated carbocycles. The third-order valence-electron chi connectivity index (χ3n) is 2.75. The molecule has 0 spiro atoms. The molecule has 1 aliphatic rings. The Morgan fingerprint density at radius 2 is 2.24 bits per heavy atom. The van der Waals surface area contributed by atoms with Gasteiger partial charge >= 0.3 is 0 Å². The van der Waals surface area contributed by atoms with Crippen molar-refractivity contribution in [1.29, 1.82) is 0 Å². The van der Waals surface area contributed by atoms with Crippen molar-refractivity contribution in [2.45, 2.75) is 19.1 Å². The van der Waals surface area contributed by atoms with E-state index in [0.29, 0.717) is 12.6 Å². The topological polar surface area (TPSA) is 39.7 Å². The largest absolute Gasteiger partial charge is 0.497 e. The maximum atomic E-state index is 5.68. The van der Waals surface area contributed by atoms with E-state index in [-0.39, 0.29) is 6.10 Å². The lowest BCUT2D eigenvalue weighted by atomic mass is 10.2. The van der Waals surface area contributed by atoms with Gasteiger partial charge in [-0.05, 0) is 19.1 Å². The molecule has 0 amide bonds. The molecule has 0 radical (unpaired) electrons. The Morgan fingerprint density at radius 3 is 2.94 bits per heavy atom. The second-order valence-corrected chi connectivity index (χ2v) is 4.25. The van der Waals surface area contributed by atoms with Crippen molar-refractivity contribution < 1.29 is 14.2 Å². The zero-order valence-corrected chi connectivity index (χ0v) is 10.3. The van der Waals surface area contributed by atoms with Crippen LogP contribution < -0.4 is 14.8 Å². The van der Waals surface area contributed by atoms with Crippen LogP contribution in [0.1, 0.15) is 6.92 Å². The first-order chi connectivity index (χ1) is 8.28. The number of benzene rings is 1. The van der Waals surface area contributed by atoms with Crippen LogP contribution in [0.2, 0.25) is 0 Å². The van der Waals surface area contributed by atoms with E-state index in [1.165, 1.54) is 0 Å². The van der Waals surface area contributed by atoms with Gasteiger partial charge in [0, 0.05) is 18.7 Å². The molecule has 2 rings (SSSR count). The molecule has 2 unspecified atom stereocenters. The monoisotopic (exact) mass is 237 g/mol. The second kappa shape index (κ2) is 5.89. The molecule has 4 nitrogen and oxygen atoms in total. The summed E-state index contributed by atoms with van der Waals surface area (Å²) >= 11 is 0. The fourth-order valence-corrected chi connectivity index (χ4v) is 1.72. The molecule has 4 heteroatoms. The summed E-state index contributed by atoms with van der Waals surface area (Å²) in [4.78, 5) is 0. The van der Waals surface area contributed by atoms with Crippen LogP contribution in [-0.4, -0.2) is 39.0 Å². The number of methoxy groups -OCH3 is 1. The summed E-state index contributed by atoms with van der Waals surface area (Å²) in [6, 6.07) is 8.03. The van der Waals surface area contributed by atoms with E-state index in [9.17, 15) is 0 Å². The number of nitrogens with one attached hydrogen (secondary N) is 1. The summed E-state index contributed by atoms with van der Waals surface area (Å²) in [6.07, 6.45) is 0.123. The maximum Gasteiger partial charge on any atom is 0.123 e. The van der Waals surface area contributed by atoms with Gasteiger partial charge in [0.1, 0.15) is 24.2 Å². The van der Waals surface area contributed by atoms with Crippen molar-refractivity contribution in [2.24, 2.45) is 0 Å². The predicted octanol–water partition coefficient (Wildman–Crippen LogP) is 1.45. The van der Waals surface area contributed by atoms with Gasteiger partial charge in [0.15, 0.2) is 0 Å². The van der Waals surface area contributed by atoms with Gasteiger partial charge in [0.2, 0.25) is 0 Å². The van der Waals surface area contributed by atoms with Gasteiger partial charge in [-0.3, -0.25) is 0 Å². The summed E-state index contributed by atoms with van der Waals surface area (Å²) in [6.45, 7) is 4.25. The Hall–Kier alpha value is -1.26. The van der Waals surface area contributed by atoms with E-state index in [4.69, 9.17) is 14.2 Å². The zero-order valence-electron chi connectivity index (χ0n) is 10.3. The predicted molar refractivity (Wildman–Crippen MR) is 65.7 cm³/mol. The van der Waals surface area contributed by atoms with Crippen molar-refractivity contribution in [3.8, 4) is 11.5 Å². The van der Waals surface area contributed by atoms with Crippen molar-refractivity contribution >= 4 is 0 Å². The molecule has 0 aliphatic carbocycles. The minimum atomic E-state index is 0.123. The van der Waals surface area contributed by atoms with Crippen LogP contribution in [0.3, 0.4) is 0 Å². The van der Waals surface area contributed by atoms with Crippen molar-refractivity contribution in [1.82, 2.24) is 5.32 Å². The second-order valence-electron chi connectivity index (χ2n) is 4.25. The summed E-state index contributed by atoms with van der Waals surface area (Å²) < 4.78 is 16.5. The number of hydrogen-bond acceptors (Lipinski definition) is 4. The summed E-state index contributed by atoms with van der Waals surface area (Å²) in [5.41, 5.74) is 0. The molecular weight excluding hydrogens is 218 g/mol. The average Bonchev–Trinajstić information content (AvgIpc) is 2.38. The van der Waals surface area contributed by atoms with E-state index in [1.54, 1.807) is 7.11 Å². The molecule has 1 heterocycles. The lowest BCUT2D eigenvalue weighted by molar-refractivity contribution is -0.0165. The Labute approximate surface area is 102 Å². The molecule has 1 fully saturated rings. The lowest BCUT2D eigenvalue weighted by Gasteiger charge is -2.28. The molecule has 0 bridgehead atoms. The average molecular weight is 237 g/mol. The van der Waals surface area contributed by atoms with Gasteiger partial charge in [-0.25, -0.2) is 0 Å². The first-order valence-electron chi connectivity index (χ1n) is 5.90. The van der Waals surface area contributed by atoms with E-state index < -0.39 is 0 Å². The normalized spacial score (nSPS) is 24.4. The van der Waals surface area contributed by atoms with Crippen LogP contribution in [0.15, 0.2) is 24.3 Å². The lowest BCUT2D eigenvalue weighted by Crippen LogP contribution is -2.46. The molecule has 1 aromatic carbocycles. The first-order valence-corrected chi connectivity index (χ1v) is 5.90. The highest BCUT2D eigenvalue weighted by atomic mass is 16.5. The van der Waals surface area contributed by atoms with E-state index >= 15 is 0 Å². The van der Waals surface area contributed by atoms with Crippen LogP contribution in [0, 0.1) is 0 Å². The first kappa shape index (κ1) is 12.2. The number of rotatable bonds is 4. The fourth-order valence-electron chi connectivity index (χ4n) is 1.72. The van der Waals surface area contributed by atoms with E-state index in [0.717, 1.165) is 24.7 Å². The number of hydrogen-bond donors (Lipinski definition) is 1. The number of ether oxygens (including phenoxy) is 3. The van der Waals surface area contributed by atoms with E-state index in [1.807, 2.05) is 24.3 Å².